The van der Waals surface area contributed by atoms with Crippen LogP contribution in [0.2, 0.25) is 0 Å². The molecule has 8 rings (SSSR count). The van der Waals surface area contributed by atoms with Gasteiger partial charge in [0.15, 0.2) is 5.82 Å². The van der Waals surface area contributed by atoms with Crippen LogP contribution in [0.25, 0.3) is 22.3 Å². The molecule has 1 spiro atoms. The number of nitrogens with one attached hydrogen (secondary N) is 2. The van der Waals surface area contributed by atoms with Gasteiger partial charge in [-0.05, 0) is 109 Å². The second-order valence-corrected chi connectivity index (χ2v) is 16.1. The molecule has 0 bridgehead atoms. The third kappa shape index (κ3) is 5.95. The van der Waals surface area contributed by atoms with Crippen LogP contribution in [0.4, 0.5) is 21.6 Å². The van der Waals surface area contributed by atoms with Crippen molar-refractivity contribution in [1.29, 1.82) is 0 Å². The van der Waals surface area contributed by atoms with Crippen molar-refractivity contribution in [1.82, 2.24) is 29.7 Å². The number of hydrogen-bond donors (Lipinski definition) is 2. The number of aromatic nitrogens is 3. The normalized spacial score (nSPS) is 21.0. The minimum absolute atomic E-state index is 0.0232. The lowest BCUT2D eigenvalue weighted by Crippen LogP contribution is -2.66. The molecule has 278 valence electrons. The molecule has 2 aromatic heterocycles. The summed E-state index contributed by atoms with van der Waals surface area (Å²) in [5.74, 6) is -0.310. The van der Waals surface area contributed by atoms with Gasteiger partial charge in [-0.25, -0.2) is 14.4 Å². The van der Waals surface area contributed by atoms with Crippen molar-refractivity contribution >= 4 is 45.9 Å². The van der Waals surface area contributed by atoms with E-state index in [-0.39, 0.29) is 41.5 Å². The zero-order valence-corrected chi connectivity index (χ0v) is 31.5. The number of pyridine rings is 1. The first-order valence-corrected chi connectivity index (χ1v) is 19.1. The summed E-state index contributed by atoms with van der Waals surface area (Å²) in [5, 5.41) is 6.14. The van der Waals surface area contributed by atoms with Gasteiger partial charge in [0.1, 0.15) is 16.7 Å². The fraction of sp³-hybridized carbons (Fsp3) is 0.488. The Labute approximate surface area is 309 Å². The number of rotatable bonds is 8. The highest BCUT2D eigenvalue weighted by Crippen LogP contribution is 2.51. The predicted octanol–water partition coefficient (Wildman–Crippen LogP) is 6.47. The van der Waals surface area contributed by atoms with Gasteiger partial charge in [0.2, 0.25) is 11.8 Å². The molecule has 0 unspecified atom stereocenters. The van der Waals surface area contributed by atoms with E-state index in [1.54, 1.807) is 25.1 Å². The topological polar surface area (TPSA) is 116 Å². The second-order valence-electron chi connectivity index (χ2n) is 16.1. The number of piperidine rings is 1. The van der Waals surface area contributed by atoms with E-state index in [0.717, 1.165) is 42.7 Å². The molecule has 1 aliphatic carbocycles. The standard InChI is InChI=1S/C41H49FN8O3/c1-23(2)44-39(52)30-18-34(32(42)14-25(30)5)46-38-37-35(43-22-49(37)24(3)4)19-33(45-38)27-10-11-31-36(15-27)50(40(53)41(31)20-48(21-41)26(6)51)29-16-28(17-29)47-12-8-7-9-13-47/h10-11,14-15,18-19,22-24,28-29H,7-9,12-13,16-17,20-21H2,1-6H3,(H,44,52)(H,45,46)/t28-,29+. The number of hydrogen-bond acceptors (Lipinski definition) is 7. The number of anilines is 3. The van der Waals surface area contributed by atoms with Crippen molar-refractivity contribution in [3.05, 3.63) is 65.2 Å². The maximum absolute atomic E-state index is 15.6. The Kier molecular flexibility index (Phi) is 8.79. The average molecular weight is 721 g/mol. The summed E-state index contributed by atoms with van der Waals surface area (Å²) >= 11 is 0. The Morgan fingerprint density at radius 2 is 1.72 bits per heavy atom. The number of nitrogens with zero attached hydrogens (tertiary/aromatic N) is 6. The first-order chi connectivity index (χ1) is 25.3. The number of amides is 3. The SMILES string of the molecule is CC(=O)N1CC2(C1)C(=O)N([C@H]1C[C@@H](N3CCCCC3)C1)c1cc(-c3cc4ncn(C(C)C)c4c(Nc4cc(C(=O)NC(C)C)c(C)cc4F)n3)ccc12. The van der Waals surface area contributed by atoms with Crippen molar-refractivity contribution in [2.24, 2.45) is 0 Å². The molecule has 5 heterocycles. The summed E-state index contributed by atoms with van der Waals surface area (Å²) in [7, 11) is 0. The van der Waals surface area contributed by atoms with Crippen LogP contribution >= 0.6 is 0 Å². The summed E-state index contributed by atoms with van der Waals surface area (Å²) in [5.41, 5.74) is 4.97. The van der Waals surface area contributed by atoms with Crippen molar-refractivity contribution in [3.8, 4) is 11.3 Å². The molecular weight excluding hydrogens is 672 g/mol. The fourth-order valence-electron chi connectivity index (χ4n) is 8.76. The van der Waals surface area contributed by atoms with Gasteiger partial charge in [0.25, 0.3) is 5.91 Å². The summed E-state index contributed by atoms with van der Waals surface area (Å²) in [6.45, 7) is 14.2. The molecule has 3 aliphatic heterocycles. The molecule has 12 heteroatoms. The van der Waals surface area contributed by atoms with Crippen LogP contribution in [0.1, 0.15) is 94.2 Å². The predicted molar refractivity (Wildman–Crippen MR) is 204 cm³/mol. The highest BCUT2D eigenvalue weighted by atomic mass is 19.1. The van der Waals surface area contributed by atoms with Crippen LogP contribution in [0.15, 0.2) is 42.7 Å². The molecule has 0 radical (unpaired) electrons. The molecule has 3 amide bonds. The van der Waals surface area contributed by atoms with Crippen molar-refractivity contribution in [2.75, 3.05) is 36.4 Å². The quantitative estimate of drug-likeness (QED) is 0.214. The van der Waals surface area contributed by atoms with Crippen molar-refractivity contribution < 1.29 is 18.8 Å². The van der Waals surface area contributed by atoms with Crippen LogP contribution in [0, 0.1) is 12.7 Å². The molecule has 1 saturated carbocycles. The van der Waals surface area contributed by atoms with Crippen LogP contribution in [0.5, 0.6) is 0 Å². The summed E-state index contributed by atoms with van der Waals surface area (Å²) in [6.07, 6.45) is 7.38. The van der Waals surface area contributed by atoms with Gasteiger partial charge in [-0.2, -0.15) is 0 Å². The lowest BCUT2D eigenvalue weighted by atomic mass is 9.74. The summed E-state index contributed by atoms with van der Waals surface area (Å²) in [6, 6.07) is 11.5. The Bertz CT molecular complexity index is 2120. The molecule has 11 nitrogen and oxygen atoms in total. The molecule has 4 aromatic rings. The van der Waals surface area contributed by atoms with Crippen molar-refractivity contribution in [2.45, 2.75) is 103 Å². The summed E-state index contributed by atoms with van der Waals surface area (Å²) < 4.78 is 17.6. The number of aryl methyl sites for hydroxylation is 1. The van der Waals surface area contributed by atoms with Gasteiger partial charge < -0.3 is 29.9 Å². The first-order valence-electron chi connectivity index (χ1n) is 19.1. The fourth-order valence-corrected chi connectivity index (χ4v) is 8.76. The Morgan fingerprint density at radius 1 is 0.981 bits per heavy atom. The third-order valence-electron chi connectivity index (χ3n) is 11.8. The minimum Gasteiger partial charge on any atom is -0.350 e. The number of halogens is 1. The molecule has 0 atom stereocenters. The van der Waals surface area contributed by atoms with Crippen LogP contribution in [-0.4, -0.2) is 86.4 Å². The van der Waals surface area contributed by atoms with E-state index in [1.165, 1.54) is 31.4 Å². The van der Waals surface area contributed by atoms with Gasteiger partial charge in [-0.1, -0.05) is 18.6 Å². The lowest BCUT2D eigenvalue weighted by molar-refractivity contribution is -0.142. The van der Waals surface area contributed by atoms with E-state index in [1.807, 2.05) is 55.4 Å². The Morgan fingerprint density at radius 3 is 2.40 bits per heavy atom. The maximum Gasteiger partial charge on any atom is 0.251 e. The summed E-state index contributed by atoms with van der Waals surface area (Å²) in [4.78, 5) is 56.0. The van der Waals surface area contributed by atoms with E-state index in [0.29, 0.717) is 52.8 Å². The van der Waals surface area contributed by atoms with E-state index in [2.05, 4.69) is 21.6 Å². The van der Waals surface area contributed by atoms with Gasteiger partial charge in [-0.15, -0.1) is 0 Å². The number of carbonyl (C=O) groups excluding carboxylic acids is 3. The molecule has 53 heavy (non-hydrogen) atoms. The second kappa shape index (κ2) is 13.2. The molecule has 4 aliphatic rings. The number of fused-ring (bicyclic) bond motifs is 3. The monoisotopic (exact) mass is 720 g/mol. The highest BCUT2D eigenvalue weighted by Gasteiger charge is 2.61. The molecule has 2 N–H and O–H groups in total. The van der Waals surface area contributed by atoms with Gasteiger partial charge in [0, 0.05) is 61.0 Å². The highest BCUT2D eigenvalue weighted by molar-refractivity contribution is 6.11. The van der Waals surface area contributed by atoms with Crippen molar-refractivity contribution in [3.63, 3.8) is 0 Å². The number of likely N-dealkylation sites (tertiary alicyclic amines) is 2. The van der Waals surface area contributed by atoms with E-state index < -0.39 is 11.2 Å². The minimum atomic E-state index is -0.738. The van der Waals surface area contributed by atoms with Gasteiger partial charge in [-0.3, -0.25) is 14.4 Å². The molecule has 2 saturated heterocycles. The zero-order valence-electron chi connectivity index (χ0n) is 31.5. The smallest absolute Gasteiger partial charge is 0.251 e. The molecule has 3 fully saturated rings. The van der Waals surface area contributed by atoms with E-state index in [9.17, 15) is 14.4 Å². The van der Waals surface area contributed by atoms with E-state index in [4.69, 9.17) is 9.97 Å². The van der Waals surface area contributed by atoms with E-state index >= 15 is 4.39 Å². The maximum atomic E-state index is 15.6. The zero-order chi connectivity index (χ0) is 37.3. The molecular formula is C41H49FN8O3. The first kappa shape index (κ1) is 35.2. The number of imidazole rings is 1. The van der Waals surface area contributed by atoms with Gasteiger partial charge in [0.05, 0.1) is 23.2 Å². The lowest BCUT2D eigenvalue weighted by Gasteiger charge is -2.50. The third-order valence-corrected chi connectivity index (χ3v) is 11.8. The number of benzene rings is 2. The van der Waals surface area contributed by atoms with Crippen LogP contribution in [0.3, 0.4) is 0 Å². The molecule has 2 aromatic carbocycles. The van der Waals surface area contributed by atoms with Gasteiger partial charge >= 0.3 is 0 Å². The van der Waals surface area contributed by atoms with Crippen LogP contribution < -0.4 is 15.5 Å². The Hall–Kier alpha value is -4.84. The largest absolute Gasteiger partial charge is 0.350 e. The van der Waals surface area contributed by atoms with Crippen LogP contribution in [-0.2, 0) is 15.0 Å². The Balaban J connectivity index is 1.19. The average Bonchev–Trinajstić information content (AvgIpc) is 3.62. The number of carbonyl (C=O) groups is 3.